The first-order chi connectivity index (χ1) is 5.11. The second-order valence-corrected chi connectivity index (χ2v) is 4.26. The molecule has 1 aromatic heterocycles. The van der Waals surface area contributed by atoms with Crippen LogP contribution < -0.4 is 0 Å². The summed E-state index contributed by atoms with van der Waals surface area (Å²) in [6.07, 6.45) is 0. The molecule has 1 rings (SSSR count). The second-order valence-electron chi connectivity index (χ2n) is 1.99. The molecule has 60 valence electrons. The van der Waals surface area contributed by atoms with Crippen molar-refractivity contribution < 1.29 is 9.90 Å². The Hall–Kier alpha value is -0.420. The van der Waals surface area contributed by atoms with Gasteiger partial charge in [0, 0.05) is 5.38 Å². The summed E-state index contributed by atoms with van der Waals surface area (Å²) in [5.74, 6) is -0.972. The predicted octanol–water partition coefficient (Wildman–Crippen LogP) is 2.30. The van der Waals surface area contributed by atoms with Crippen LogP contribution in [0.4, 0.5) is 0 Å². The molecule has 0 saturated carbocycles. The maximum Gasteiger partial charge on any atom is 0.355 e. The van der Waals surface area contributed by atoms with Crippen LogP contribution in [0.25, 0.3) is 0 Å². The minimum atomic E-state index is -0.972. The molecule has 1 heterocycles. The van der Waals surface area contributed by atoms with Crippen molar-refractivity contribution in [2.45, 2.75) is 11.8 Å². The highest BCUT2D eigenvalue weighted by Gasteiger charge is 2.10. The van der Waals surface area contributed by atoms with Gasteiger partial charge in [0.05, 0.1) is 4.83 Å². The summed E-state index contributed by atoms with van der Waals surface area (Å²) in [6, 6.07) is 0. The van der Waals surface area contributed by atoms with E-state index in [9.17, 15) is 4.79 Å². The van der Waals surface area contributed by atoms with Crippen molar-refractivity contribution in [3.05, 3.63) is 16.1 Å². The fraction of sp³-hybridized carbons (Fsp3) is 0.333. The van der Waals surface area contributed by atoms with E-state index in [0.717, 1.165) is 5.01 Å². The maximum atomic E-state index is 10.4. The molecule has 0 aromatic carbocycles. The molecular weight excluding hydrogens is 230 g/mol. The van der Waals surface area contributed by atoms with Gasteiger partial charge in [-0.15, -0.1) is 11.3 Å². The normalized spacial score (nSPS) is 12.9. The van der Waals surface area contributed by atoms with Crippen molar-refractivity contribution >= 4 is 33.2 Å². The Morgan fingerprint density at radius 1 is 1.91 bits per heavy atom. The van der Waals surface area contributed by atoms with Gasteiger partial charge in [-0.1, -0.05) is 15.9 Å². The van der Waals surface area contributed by atoms with E-state index in [2.05, 4.69) is 20.9 Å². The predicted molar refractivity (Wildman–Crippen MR) is 46.4 cm³/mol. The summed E-state index contributed by atoms with van der Waals surface area (Å²) in [7, 11) is 0. The number of hydrogen-bond acceptors (Lipinski definition) is 3. The monoisotopic (exact) mass is 235 g/mol. The summed E-state index contributed by atoms with van der Waals surface area (Å²) < 4.78 is 0. The van der Waals surface area contributed by atoms with Gasteiger partial charge in [0.2, 0.25) is 0 Å². The summed E-state index contributed by atoms with van der Waals surface area (Å²) in [4.78, 5) is 14.4. The molecule has 0 spiro atoms. The minimum Gasteiger partial charge on any atom is -0.476 e. The molecule has 0 aliphatic rings. The Kier molecular flexibility index (Phi) is 2.62. The maximum absolute atomic E-state index is 10.4. The third-order valence-electron chi connectivity index (χ3n) is 1.08. The third kappa shape index (κ3) is 2.00. The molecule has 1 unspecified atom stereocenters. The first-order valence-corrected chi connectivity index (χ1v) is 4.73. The van der Waals surface area contributed by atoms with Crippen LogP contribution in [-0.4, -0.2) is 16.1 Å². The van der Waals surface area contributed by atoms with Crippen molar-refractivity contribution in [1.29, 1.82) is 0 Å². The van der Waals surface area contributed by atoms with Gasteiger partial charge in [0.15, 0.2) is 5.69 Å². The Balaban J connectivity index is 2.90. The van der Waals surface area contributed by atoms with Crippen molar-refractivity contribution in [2.24, 2.45) is 0 Å². The second kappa shape index (κ2) is 3.32. The van der Waals surface area contributed by atoms with E-state index in [4.69, 9.17) is 5.11 Å². The topological polar surface area (TPSA) is 50.2 Å². The van der Waals surface area contributed by atoms with Crippen molar-refractivity contribution in [3.63, 3.8) is 0 Å². The lowest BCUT2D eigenvalue weighted by Crippen LogP contribution is -1.96. The van der Waals surface area contributed by atoms with Crippen molar-refractivity contribution in [2.75, 3.05) is 0 Å². The number of hydrogen-bond donors (Lipinski definition) is 1. The van der Waals surface area contributed by atoms with E-state index in [-0.39, 0.29) is 10.5 Å². The van der Waals surface area contributed by atoms with Crippen LogP contribution in [0, 0.1) is 0 Å². The fourth-order valence-electron chi connectivity index (χ4n) is 0.569. The number of halogens is 1. The Morgan fingerprint density at radius 3 is 2.82 bits per heavy atom. The Morgan fingerprint density at radius 2 is 2.55 bits per heavy atom. The number of carboxylic acids is 1. The molecular formula is C6H6BrNO2S. The molecule has 1 aromatic rings. The first kappa shape index (κ1) is 8.67. The highest BCUT2D eigenvalue weighted by Crippen LogP contribution is 2.24. The molecule has 3 nitrogen and oxygen atoms in total. The van der Waals surface area contributed by atoms with Gasteiger partial charge in [-0.25, -0.2) is 9.78 Å². The average Bonchev–Trinajstić information content (AvgIpc) is 2.33. The quantitative estimate of drug-likeness (QED) is 0.801. The molecule has 1 N–H and O–H groups in total. The highest BCUT2D eigenvalue weighted by atomic mass is 79.9. The molecule has 0 aliphatic heterocycles. The largest absolute Gasteiger partial charge is 0.476 e. The summed E-state index contributed by atoms with van der Waals surface area (Å²) in [5, 5.41) is 10.8. The fourth-order valence-corrected chi connectivity index (χ4v) is 1.72. The first-order valence-electron chi connectivity index (χ1n) is 2.94. The number of alkyl halides is 1. The zero-order valence-corrected chi connectivity index (χ0v) is 8.15. The SMILES string of the molecule is CC(Br)c1nc(C(=O)O)cs1. The number of thiazole rings is 1. The molecule has 1 atom stereocenters. The van der Waals surface area contributed by atoms with Crippen LogP contribution >= 0.6 is 27.3 Å². The van der Waals surface area contributed by atoms with Gasteiger partial charge >= 0.3 is 5.97 Å². The van der Waals surface area contributed by atoms with Crippen LogP contribution in [0.3, 0.4) is 0 Å². The van der Waals surface area contributed by atoms with E-state index < -0.39 is 5.97 Å². The molecule has 0 saturated heterocycles. The van der Waals surface area contributed by atoms with E-state index in [1.54, 1.807) is 0 Å². The van der Waals surface area contributed by atoms with E-state index in [0.29, 0.717) is 0 Å². The lowest BCUT2D eigenvalue weighted by molar-refractivity contribution is 0.0691. The average molecular weight is 236 g/mol. The highest BCUT2D eigenvalue weighted by molar-refractivity contribution is 9.09. The van der Waals surface area contributed by atoms with Gasteiger partial charge in [-0.05, 0) is 6.92 Å². The molecule has 11 heavy (non-hydrogen) atoms. The number of aromatic carboxylic acids is 1. The molecule has 0 amide bonds. The minimum absolute atomic E-state index is 0.122. The number of nitrogens with zero attached hydrogens (tertiary/aromatic N) is 1. The van der Waals surface area contributed by atoms with Gasteiger partial charge in [0.25, 0.3) is 0 Å². The van der Waals surface area contributed by atoms with Crippen LogP contribution in [0.5, 0.6) is 0 Å². The Bertz CT molecular complexity index is 271. The van der Waals surface area contributed by atoms with Crippen LogP contribution in [0.15, 0.2) is 5.38 Å². The molecule has 0 radical (unpaired) electrons. The van der Waals surface area contributed by atoms with Crippen molar-refractivity contribution in [3.8, 4) is 0 Å². The number of carboxylic acid groups (broad SMARTS) is 1. The number of rotatable bonds is 2. The van der Waals surface area contributed by atoms with Crippen LogP contribution in [0.1, 0.15) is 27.2 Å². The molecule has 0 aliphatic carbocycles. The molecule has 5 heteroatoms. The van der Waals surface area contributed by atoms with Crippen LogP contribution in [-0.2, 0) is 0 Å². The van der Waals surface area contributed by atoms with Gasteiger partial charge < -0.3 is 5.11 Å². The van der Waals surface area contributed by atoms with E-state index >= 15 is 0 Å². The van der Waals surface area contributed by atoms with E-state index in [1.165, 1.54) is 16.7 Å². The van der Waals surface area contributed by atoms with Crippen molar-refractivity contribution in [1.82, 2.24) is 4.98 Å². The smallest absolute Gasteiger partial charge is 0.355 e. The zero-order chi connectivity index (χ0) is 8.43. The van der Waals surface area contributed by atoms with Crippen LogP contribution in [0.2, 0.25) is 0 Å². The Labute approximate surface area is 76.2 Å². The number of aromatic nitrogens is 1. The molecule has 0 fully saturated rings. The van der Waals surface area contributed by atoms with Gasteiger partial charge in [-0.2, -0.15) is 0 Å². The molecule has 0 bridgehead atoms. The summed E-state index contributed by atoms with van der Waals surface area (Å²) in [5.41, 5.74) is 0.122. The summed E-state index contributed by atoms with van der Waals surface area (Å²) in [6.45, 7) is 1.91. The van der Waals surface area contributed by atoms with Gasteiger partial charge in [-0.3, -0.25) is 0 Å². The number of carbonyl (C=O) groups is 1. The van der Waals surface area contributed by atoms with E-state index in [1.807, 2.05) is 6.92 Å². The third-order valence-corrected chi connectivity index (χ3v) is 2.85. The lowest BCUT2D eigenvalue weighted by atomic mass is 10.5. The summed E-state index contributed by atoms with van der Waals surface area (Å²) >= 11 is 4.65. The zero-order valence-electron chi connectivity index (χ0n) is 5.74. The van der Waals surface area contributed by atoms with Gasteiger partial charge in [0.1, 0.15) is 5.01 Å². The lowest BCUT2D eigenvalue weighted by Gasteiger charge is -1.92. The standard InChI is InChI=1S/C6H6BrNO2S/c1-3(7)5-8-4(2-11-5)6(9)10/h2-3H,1H3,(H,9,10).